The molecule has 0 atom stereocenters. The molecule has 0 fully saturated rings. The summed E-state index contributed by atoms with van der Waals surface area (Å²) in [5, 5.41) is 8.53. The molecule has 1 aromatic heterocycles. The third-order valence-electron chi connectivity index (χ3n) is 4.19. The van der Waals surface area contributed by atoms with Gasteiger partial charge in [0.05, 0.1) is 12.7 Å². The second kappa shape index (κ2) is 9.79. The van der Waals surface area contributed by atoms with Gasteiger partial charge in [0.15, 0.2) is 17.5 Å². The van der Waals surface area contributed by atoms with Crippen LogP contribution in [0, 0.1) is 24.4 Å². The van der Waals surface area contributed by atoms with E-state index < -0.39 is 28.9 Å². The molecule has 0 saturated heterocycles. The lowest BCUT2D eigenvalue weighted by Crippen LogP contribution is -2.30. The second-order valence-electron chi connectivity index (χ2n) is 6.48. The van der Waals surface area contributed by atoms with Crippen molar-refractivity contribution in [1.82, 2.24) is 15.3 Å². The number of aromatic nitrogens is 2. The molecule has 162 valence electrons. The summed E-state index contributed by atoms with van der Waals surface area (Å²) >= 11 is 0. The van der Waals surface area contributed by atoms with Crippen molar-refractivity contribution in [1.29, 1.82) is 0 Å². The van der Waals surface area contributed by atoms with Gasteiger partial charge < -0.3 is 20.7 Å². The zero-order chi connectivity index (χ0) is 22.4. The molecule has 3 aromatic rings. The van der Waals surface area contributed by atoms with E-state index in [1.54, 1.807) is 20.1 Å². The molecule has 0 saturated carbocycles. The van der Waals surface area contributed by atoms with E-state index in [4.69, 9.17) is 4.74 Å². The molecule has 10 heteroatoms. The first-order valence-electron chi connectivity index (χ1n) is 9.29. The lowest BCUT2D eigenvalue weighted by atomic mass is 10.2. The van der Waals surface area contributed by atoms with Gasteiger partial charge in [-0.15, -0.1) is 0 Å². The lowest BCUT2D eigenvalue weighted by Gasteiger charge is -2.11. The van der Waals surface area contributed by atoms with Gasteiger partial charge in [0, 0.05) is 30.5 Å². The molecule has 1 heterocycles. The third-order valence-corrected chi connectivity index (χ3v) is 4.19. The van der Waals surface area contributed by atoms with E-state index in [1.807, 2.05) is 24.3 Å². The van der Waals surface area contributed by atoms with Gasteiger partial charge in [-0.25, -0.2) is 18.2 Å². The molecule has 0 aliphatic rings. The highest BCUT2D eigenvalue weighted by atomic mass is 19.2. The number of hydrogen-bond acceptors (Lipinski definition) is 6. The molecular formula is C21H20F3N5O2. The Labute approximate surface area is 176 Å². The standard InChI is InChI=1S/C21H20F3N5O2/c1-12-11-17(28-13-3-5-14(31-2)6-4-13)29-21(27-12)26-10-9-25-20(30)15-7-8-16(22)19(24)18(15)23/h3-8,11H,9-10H2,1-2H3,(H,25,30)(H2,26,27,28,29). The molecule has 1 amide bonds. The number of halogens is 3. The van der Waals surface area contributed by atoms with Crippen LogP contribution in [0.3, 0.4) is 0 Å². The smallest absolute Gasteiger partial charge is 0.254 e. The van der Waals surface area contributed by atoms with E-state index in [0.29, 0.717) is 23.5 Å². The van der Waals surface area contributed by atoms with Crippen molar-refractivity contribution in [3.8, 4) is 5.75 Å². The van der Waals surface area contributed by atoms with Crippen LogP contribution >= 0.6 is 0 Å². The minimum absolute atomic E-state index is 0.0792. The van der Waals surface area contributed by atoms with Crippen molar-refractivity contribution in [2.45, 2.75) is 6.92 Å². The summed E-state index contributed by atoms with van der Waals surface area (Å²) in [5.41, 5.74) is 0.948. The molecule has 0 radical (unpaired) electrons. The number of aryl methyl sites for hydroxylation is 1. The molecular weight excluding hydrogens is 411 g/mol. The maximum Gasteiger partial charge on any atom is 0.254 e. The fraction of sp³-hybridized carbons (Fsp3) is 0.190. The molecule has 0 spiro atoms. The van der Waals surface area contributed by atoms with Crippen LogP contribution < -0.4 is 20.7 Å². The summed E-state index contributed by atoms with van der Waals surface area (Å²) in [6.07, 6.45) is 0. The number of nitrogens with one attached hydrogen (secondary N) is 3. The molecule has 0 aliphatic heterocycles. The maximum atomic E-state index is 13.7. The third kappa shape index (κ3) is 5.62. The van der Waals surface area contributed by atoms with Crippen LogP contribution in [0.25, 0.3) is 0 Å². The SMILES string of the molecule is COc1ccc(Nc2cc(C)nc(NCCNC(=O)c3ccc(F)c(F)c3F)n2)cc1. The van der Waals surface area contributed by atoms with Crippen molar-refractivity contribution >= 4 is 23.4 Å². The highest BCUT2D eigenvalue weighted by Crippen LogP contribution is 2.20. The van der Waals surface area contributed by atoms with Crippen LogP contribution in [0.2, 0.25) is 0 Å². The van der Waals surface area contributed by atoms with Crippen LogP contribution in [0.15, 0.2) is 42.5 Å². The number of amides is 1. The zero-order valence-corrected chi connectivity index (χ0v) is 16.8. The average molecular weight is 431 g/mol. The number of nitrogens with zero attached hydrogens (tertiary/aromatic N) is 2. The molecule has 2 aromatic carbocycles. The second-order valence-corrected chi connectivity index (χ2v) is 6.48. The van der Waals surface area contributed by atoms with Gasteiger partial charge in [0.2, 0.25) is 5.95 Å². The zero-order valence-electron chi connectivity index (χ0n) is 16.8. The number of methoxy groups -OCH3 is 1. The minimum atomic E-state index is -1.68. The lowest BCUT2D eigenvalue weighted by molar-refractivity contribution is 0.0950. The number of anilines is 3. The molecule has 31 heavy (non-hydrogen) atoms. The number of hydrogen-bond donors (Lipinski definition) is 3. The number of benzene rings is 2. The van der Waals surface area contributed by atoms with Gasteiger partial charge in [-0.2, -0.15) is 4.98 Å². The highest BCUT2D eigenvalue weighted by molar-refractivity contribution is 5.94. The Morgan fingerprint density at radius 3 is 2.45 bits per heavy atom. The Morgan fingerprint density at radius 1 is 1.00 bits per heavy atom. The van der Waals surface area contributed by atoms with Gasteiger partial charge in [-0.1, -0.05) is 0 Å². The Kier molecular flexibility index (Phi) is 6.91. The van der Waals surface area contributed by atoms with Crippen LogP contribution in [0.5, 0.6) is 5.75 Å². The number of rotatable bonds is 8. The van der Waals surface area contributed by atoms with Crippen molar-refractivity contribution in [2.24, 2.45) is 0 Å². The average Bonchev–Trinajstić information content (AvgIpc) is 2.75. The number of ether oxygens (including phenoxy) is 1. The summed E-state index contributed by atoms with van der Waals surface area (Å²) in [4.78, 5) is 20.6. The fourth-order valence-electron chi connectivity index (χ4n) is 2.68. The predicted octanol–water partition coefficient (Wildman–Crippen LogP) is 3.80. The molecule has 0 bridgehead atoms. The normalized spacial score (nSPS) is 10.5. The molecule has 3 rings (SSSR count). The number of carbonyl (C=O) groups is 1. The molecule has 7 nitrogen and oxygen atoms in total. The Hall–Kier alpha value is -3.82. The monoisotopic (exact) mass is 431 g/mol. The van der Waals surface area contributed by atoms with Gasteiger partial charge in [0.25, 0.3) is 5.91 Å². The van der Waals surface area contributed by atoms with Crippen LogP contribution in [-0.4, -0.2) is 36.1 Å². The highest BCUT2D eigenvalue weighted by Gasteiger charge is 2.18. The van der Waals surface area contributed by atoms with Crippen LogP contribution in [0.1, 0.15) is 16.1 Å². The summed E-state index contributed by atoms with van der Waals surface area (Å²) in [5.74, 6) is -3.80. The number of carbonyl (C=O) groups excluding carboxylic acids is 1. The van der Waals surface area contributed by atoms with Crippen molar-refractivity contribution in [3.63, 3.8) is 0 Å². The maximum absolute atomic E-state index is 13.7. The van der Waals surface area contributed by atoms with Gasteiger partial charge >= 0.3 is 0 Å². The van der Waals surface area contributed by atoms with E-state index in [9.17, 15) is 18.0 Å². The van der Waals surface area contributed by atoms with E-state index >= 15 is 0 Å². The van der Waals surface area contributed by atoms with Gasteiger partial charge in [-0.05, 0) is 43.3 Å². The summed E-state index contributed by atoms with van der Waals surface area (Å²) in [7, 11) is 1.59. The predicted molar refractivity (Wildman–Crippen MR) is 110 cm³/mol. The van der Waals surface area contributed by atoms with E-state index in [-0.39, 0.29) is 13.1 Å². The first-order chi connectivity index (χ1) is 14.9. The summed E-state index contributed by atoms with van der Waals surface area (Å²) < 4.78 is 45.0. The first-order valence-corrected chi connectivity index (χ1v) is 9.29. The first kappa shape index (κ1) is 21.9. The Morgan fingerprint density at radius 2 is 1.74 bits per heavy atom. The van der Waals surface area contributed by atoms with Crippen molar-refractivity contribution in [3.05, 3.63) is 71.2 Å². The van der Waals surface area contributed by atoms with Crippen molar-refractivity contribution in [2.75, 3.05) is 30.8 Å². The topological polar surface area (TPSA) is 88.2 Å². The quantitative estimate of drug-likeness (QED) is 0.372. The fourth-order valence-corrected chi connectivity index (χ4v) is 2.68. The molecule has 0 unspecified atom stereocenters. The van der Waals surface area contributed by atoms with E-state index in [0.717, 1.165) is 17.5 Å². The van der Waals surface area contributed by atoms with E-state index in [1.165, 1.54) is 0 Å². The minimum Gasteiger partial charge on any atom is -0.497 e. The largest absolute Gasteiger partial charge is 0.497 e. The summed E-state index contributed by atoms with van der Waals surface area (Å²) in [6.45, 7) is 2.11. The van der Waals surface area contributed by atoms with E-state index in [2.05, 4.69) is 25.9 Å². The van der Waals surface area contributed by atoms with Crippen LogP contribution in [-0.2, 0) is 0 Å². The van der Waals surface area contributed by atoms with Crippen molar-refractivity contribution < 1.29 is 22.7 Å². The Balaban J connectivity index is 1.55. The van der Waals surface area contributed by atoms with Crippen LogP contribution in [0.4, 0.5) is 30.6 Å². The molecule has 3 N–H and O–H groups in total. The summed E-state index contributed by atoms with van der Waals surface area (Å²) in [6, 6.07) is 10.7. The van der Waals surface area contributed by atoms with Gasteiger partial charge in [0.1, 0.15) is 11.6 Å². The molecule has 0 aliphatic carbocycles. The Bertz CT molecular complexity index is 1080. The van der Waals surface area contributed by atoms with Gasteiger partial charge in [-0.3, -0.25) is 4.79 Å².